The Kier molecular flexibility index (Phi) is 5.50. The lowest BCUT2D eigenvalue weighted by molar-refractivity contribution is 0.0604. The number of hydrogen-bond donors (Lipinski definition) is 2. The molecule has 1 aromatic carbocycles. The lowest BCUT2D eigenvalue weighted by Gasteiger charge is -2.11. The maximum atomic E-state index is 13.4. The van der Waals surface area contributed by atoms with Crippen molar-refractivity contribution in [3.05, 3.63) is 29.3 Å². The quantitative estimate of drug-likeness (QED) is 0.539. The molecule has 0 aliphatic heterocycles. The Hall–Kier alpha value is -1.02. The highest BCUT2D eigenvalue weighted by Gasteiger charge is 2.21. The monoisotopic (exact) mass is 246 g/mol. The van der Waals surface area contributed by atoms with Crippen molar-refractivity contribution in [3.63, 3.8) is 0 Å². The van der Waals surface area contributed by atoms with Crippen LogP contribution in [-0.2, 0) is 16.1 Å². The van der Waals surface area contributed by atoms with Crippen LogP contribution in [0.4, 0.5) is 8.78 Å². The topological polar surface area (TPSA) is 58.9 Å². The Morgan fingerprint density at radius 3 is 2.53 bits per heavy atom. The van der Waals surface area contributed by atoms with Gasteiger partial charge in [-0.05, 0) is 11.5 Å². The van der Waals surface area contributed by atoms with E-state index in [2.05, 4.69) is 0 Å². The summed E-state index contributed by atoms with van der Waals surface area (Å²) in [7, 11) is -0.388. The highest BCUT2D eigenvalue weighted by molar-refractivity contribution is 6.59. The molecule has 0 saturated heterocycles. The van der Waals surface area contributed by atoms with E-state index in [9.17, 15) is 8.78 Å². The molecule has 0 heterocycles. The largest absolute Gasteiger partial charge is 0.488 e. The van der Waals surface area contributed by atoms with Crippen molar-refractivity contribution in [1.82, 2.24) is 0 Å². The van der Waals surface area contributed by atoms with E-state index < -0.39 is 18.8 Å². The predicted octanol–water partition coefficient (Wildman–Crippen LogP) is -0.192. The van der Waals surface area contributed by atoms with Crippen molar-refractivity contribution < 1.29 is 28.3 Å². The van der Waals surface area contributed by atoms with Gasteiger partial charge in [-0.25, -0.2) is 8.78 Å². The second kappa shape index (κ2) is 6.66. The molecule has 1 rings (SSSR count). The molecule has 0 amide bonds. The van der Waals surface area contributed by atoms with E-state index in [1.54, 1.807) is 0 Å². The van der Waals surface area contributed by atoms with Crippen molar-refractivity contribution in [2.24, 2.45) is 0 Å². The SMILES string of the molecule is COCCOCc1c(B(O)O)ccc(F)c1F. The highest BCUT2D eigenvalue weighted by Crippen LogP contribution is 2.11. The fraction of sp³-hybridized carbons (Fsp3) is 0.400. The second-order valence-corrected chi connectivity index (χ2v) is 3.35. The van der Waals surface area contributed by atoms with Crippen LogP contribution in [0.15, 0.2) is 12.1 Å². The zero-order chi connectivity index (χ0) is 12.8. The van der Waals surface area contributed by atoms with Crippen molar-refractivity contribution in [3.8, 4) is 0 Å². The smallest absolute Gasteiger partial charge is 0.423 e. The molecule has 1 aromatic rings. The Bertz CT molecular complexity index is 374. The molecule has 2 N–H and O–H groups in total. The van der Waals surface area contributed by atoms with Crippen LogP contribution in [0.1, 0.15) is 5.56 Å². The molecule has 0 unspecified atom stereocenters. The van der Waals surface area contributed by atoms with Crippen molar-refractivity contribution in [1.29, 1.82) is 0 Å². The molecule has 0 aromatic heterocycles. The zero-order valence-electron chi connectivity index (χ0n) is 9.32. The first-order valence-corrected chi connectivity index (χ1v) is 4.97. The summed E-state index contributed by atoms with van der Waals surface area (Å²) in [6, 6.07) is 1.95. The third-order valence-electron chi connectivity index (χ3n) is 2.19. The Morgan fingerprint density at radius 1 is 1.24 bits per heavy atom. The summed E-state index contributed by atoms with van der Waals surface area (Å²) in [4.78, 5) is 0. The summed E-state index contributed by atoms with van der Waals surface area (Å²) in [5, 5.41) is 18.0. The van der Waals surface area contributed by atoms with E-state index in [0.29, 0.717) is 6.61 Å². The van der Waals surface area contributed by atoms with Gasteiger partial charge in [0.05, 0.1) is 19.8 Å². The van der Waals surface area contributed by atoms with Crippen molar-refractivity contribution >= 4 is 12.6 Å². The van der Waals surface area contributed by atoms with Gasteiger partial charge in [0.1, 0.15) is 0 Å². The second-order valence-electron chi connectivity index (χ2n) is 3.35. The maximum Gasteiger partial charge on any atom is 0.488 e. The zero-order valence-corrected chi connectivity index (χ0v) is 9.32. The summed E-state index contributed by atoms with van der Waals surface area (Å²) in [6.07, 6.45) is 0. The van der Waals surface area contributed by atoms with Crippen LogP contribution in [0.2, 0.25) is 0 Å². The number of hydrogen-bond acceptors (Lipinski definition) is 4. The molecule has 7 heteroatoms. The van der Waals surface area contributed by atoms with E-state index >= 15 is 0 Å². The molecule has 0 atom stereocenters. The maximum absolute atomic E-state index is 13.4. The molecule has 0 aliphatic rings. The summed E-state index contributed by atoms with van der Waals surface area (Å²) in [5.41, 5.74) is -0.308. The molecule has 94 valence electrons. The van der Waals surface area contributed by atoms with Crippen LogP contribution >= 0.6 is 0 Å². The van der Waals surface area contributed by atoms with Crippen LogP contribution < -0.4 is 5.46 Å². The molecule has 0 aliphatic carbocycles. The van der Waals surface area contributed by atoms with Gasteiger partial charge < -0.3 is 19.5 Å². The molecule has 0 spiro atoms. The minimum atomic E-state index is -1.87. The lowest BCUT2D eigenvalue weighted by atomic mass is 9.77. The number of methoxy groups -OCH3 is 1. The molecule has 0 radical (unpaired) electrons. The van der Waals surface area contributed by atoms with Gasteiger partial charge in [0, 0.05) is 12.7 Å². The average Bonchev–Trinajstić information content (AvgIpc) is 2.29. The van der Waals surface area contributed by atoms with Gasteiger partial charge in [-0.1, -0.05) is 6.07 Å². The highest BCUT2D eigenvalue weighted by atomic mass is 19.2. The van der Waals surface area contributed by atoms with Gasteiger partial charge in [0.2, 0.25) is 0 Å². The molecule has 0 saturated carbocycles. The van der Waals surface area contributed by atoms with Crippen molar-refractivity contribution in [2.75, 3.05) is 20.3 Å². The van der Waals surface area contributed by atoms with Gasteiger partial charge >= 0.3 is 7.12 Å². The predicted molar refractivity (Wildman–Crippen MR) is 57.7 cm³/mol. The van der Waals surface area contributed by atoms with Gasteiger partial charge in [-0.15, -0.1) is 0 Å². The minimum Gasteiger partial charge on any atom is -0.423 e. The Morgan fingerprint density at radius 2 is 1.94 bits per heavy atom. The Balaban J connectivity index is 2.83. The number of rotatable bonds is 6. The van der Waals surface area contributed by atoms with E-state index in [-0.39, 0.29) is 24.2 Å². The average molecular weight is 246 g/mol. The van der Waals surface area contributed by atoms with Crippen LogP contribution in [0, 0.1) is 11.6 Å². The standard InChI is InChI=1S/C10H13BF2O4/c1-16-4-5-17-6-7-8(11(14)15)2-3-9(12)10(7)13/h2-3,14-15H,4-6H2,1H3. The fourth-order valence-electron chi connectivity index (χ4n) is 1.31. The molecule has 17 heavy (non-hydrogen) atoms. The van der Waals surface area contributed by atoms with E-state index in [0.717, 1.165) is 12.1 Å². The van der Waals surface area contributed by atoms with Crippen LogP contribution in [-0.4, -0.2) is 37.5 Å². The van der Waals surface area contributed by atoms with Gasteiger partial charge in [0.25, 0.3) is 0 Å². The van der Waals surface area contributed by atoms with Crippen molar-refractivity contribution in [2.45, 2.75) is 6.61 Å². The molecule has 4 nitrogen and oxygen atoms in total. The van der Waals surface area contributed by atoms with Crippen LogP contribution in [0.3, 0.4) is 0 Å². The lowest BCUT2D eigenvalue weighted by Crippen LogP contribution is -2.34. The van der Waals surface area contributed by atoms with Gasteiger partial charge in [-0.2, -0.15) is 0 Å². The number of ether oxygens (including phenoxy) is 2. The summed E-state index contributed by atoms with van der Waals surface area (Å²) >= 11 is 0. The normalized spacial score (nSPS) is 10.6. The number of benzene rings is 1. The molecule has 0 bridgehead atoms. The number of halogens is 2. The first kappa shape index (κ1) is 14.0. The third kappa shape index (κ3) is 3.74. The van der Waals surface area contributed by atoms with Gasteiger partial charge in [0.15, 0.2) is 11.6 Å². The van der Waals surface area contributed by atoms with E-state index in [4.69, 9.17) is 19.5 Å². The Labute approximate surface area is 97.9 Å². The van der Waals surface area contributed by atoms with E-state index in [1.807, 2.05) is 0 Å². The first-order chi connectivity index (χ1) is 8.07. The van der Waals surface area contributed by atoms with Crippen LogP contribution in [0.5, 0.6) is 0 Å². The summed E-state index contributed by atoms with van der Waals surface area (Å²) in [6.45, 7) is 0.265. The summed E-state index contributed by atoms with van der Waals surface area (Å²) < 4.78 is 36.2. The molecular weight excluding hydrogens is 233 g/mol. The van der Waals surface area contributed by atoms with Crippen LogP contribution in [0.25, 0.3) is 0 Å². The molecular formula is C10H13BF2O4. The summed E-state index contributed by atoms with van der Waals surface area (Å²) in [5.74, 6) is -2.19. The van der Waals surface area contributed by atoms with E-state index in [1.165, 1.54) is 7.11 Å². The van der Waals surface area contributed by atoms with Gasteiger partial charge in [-0.3, -0.25) is 0 Å². The third-order valence-corrected chi connectivity index (χ3v) is 2.19. The minimum absolute atomic E-state index is 0.110. The first-order valence-electron chi connectivity index (χ1n) is 4.97. The fourth-order valence-corrected chi connectivity index (χ4v) is 1.31. The molecule has 0 fully saturated rings.